The number of carbonyl (C=O) groups is 1. The van der Waals surface area contributed by atoms with E-state index in [2.05, 4.69) is 32.1 Å². The molecule has 5 rings (SSSR count). The third kappa shape index (κ3) is 4.28. The molecule has 0 saturated carbocycles. The lowest BCUT2D eigenvalue weighted by Gasteiger charge is -2.08. The molecule has 170 valence electrons. The molecule has 2 N–H and O–H groups in total. The Labute approximate surface area is 197 Å². The van der Waals surface area contributed by atoms with Gasteiger partial charge in [0.25, 0.3) is 5.91 Å². The predicted molar refractivity (Wildman–Crippen MR) is 130 cm³/mol. The second-order valence-electron chi connectivity index (χ2n) is 8.17. The Bertz CT molecular complexity index is 1440. The van der Waals surface area contributed by atoms with Gasteiger partial charge >= 0.3 is 0 Å². The van der Waals surface area contributed by atoms with E-state index in [0.717, 1.165) is 39.3 Å². The van der Waals surface area contributed by atoms with Crippen molar-refractivity contribution in [2.75, 3.05) is 7.11 Å². The topological polar surface area (TPSA) is 75.8 Å². The van der Waals surface area contributed by atoms with Crippen molar-refractivity contribution in [3.05, 3.63) is 108 Å². The number of imidazole rings is 1. The van der Waals surface area contributed by atoms with Gasteiger partial charge in [-0.2, -0.15) is 9.67 Å². The zero-order valence-electron chi connectivity index (χ0n) is 19.2. The van der Waals surface area contributed by atoms with Crippen LogP contribution < -0.4 is 14.6 Å². The summed E-state index contributed by atoms with van der Waals surface area (Å²) in [5.74, 6) is 0.684. The number of amides is 1. The first-order valence-corrected chi connectivity index (χ1v) is 11.1. The van der Waals surface area contributed by atoms with Crippen molar-refractivity contribution in [1.29, 1.82) is 0 Å². The van der Waals surface area contributed by atoms with Crippen LogP contribution in [0.3, 0.4) is 0 Å². The van der Waals surface area contributed by atoms with E-state index in [1.165, 1.54) is 0 Å². The number of aromatic nitrogens is 4. The molecular formula is C27H26N5O2+. The van der Waals surface area contributed by atoms with Gasteiger partial charge in [-0.15, -0.1) is 0 Å². The van der Waals surface area contributed by atoms with Crippen LogP contribution in [0.15, 0.2) is 85.3 Å². The number of nitrogens with one attached hydrogen (secondary N) is 2. The molecule has 2 heterocycles. The van der Waals surface area contributed by atoms with Gasteiger partial charge in [-0.1, -0.05) is 42.5 Å². The van der Waals surface area contributed by atoms with Gasteiger partial charge in [-0.05, 0) is 35.4 Å². The molecule has 0 aliphatic rings. The molecule has 0 bridgehead atoms. The number of rotatable bonds is 7. The molecule has 0 aliphatic carbocycles. The molecule has 0 spiro atoms. The zero-order chi connectivity index (χ0) is 23.5. The maximum Gasteiger partial charge on any atom is 0.255 e. The van der Waals surface area contributed by atoms with E-state index in [0.29, 0.717) is 18.5 Å². The van der Waals surface area contributed by atoms with E-state index >= 15 is 0 Å². The highest BCUT2D eigenvalue weighted by molar-refractivity contribution is 5.95. The second-order valence-corrected chi connectivity index (χ2v) is 8.17. The number of benzene rings is 3. The summed E-state index contributed by atoms with van der Waals surface area (Å²) in [5.41, 5.74) is 6.73. The van der Waals surface area contributed by atoms with Crippen LogP contribution in [0.25, 0.3) is 16.7 Å². The van der Waals surface area contributed by atoms with Crippen LogP contribution in [0, 0.1) is 0 Å². The Morgan fingerprint density at radius 2 is 1.85 bits per heavy atom. The molecular weight excluding hydrogens is 426 g/mol. The van der Waals surface area contributed by atoms with E-state index in [4.69, 9.17) is 4.74 Å². The average molecular weight is 453 g/mol. The number of methoxy groups -OCH3 is 1. The number of aromatic amines is 1. The van der Waals surface area contributed by atoms with Gasteiger partial charge in [0.1, 0.15) is 11.4 Å². The molecule has 1 amide bonds. The molecule has 7 nitrogen and oxygen atoms in total. The number of nitrogens with zero attached hydrogens (tertiary/aromatic N) is 3. The number of H-pyrrole nitrogens is 1. The molecule has 0 unspecified atom stereocenters. The van der Waals surface area contributed by atoms with E-state index in [1.807, 2.05) is 74.0 Å². The number of hydrogen-bond acceptors (Lipinski definition) is 3. The number of ether oxygens (including phenoxy) is 1. The summed E-state index contributed by atoms with van der Waals surface area (Å²) in [7, 11) is 3.53. The third-order valence-corrected chi connectivity index (χ3v) is 6.00. The summed E-state index contributed by atoms with van der Waals surface area (Å²) >= 11 is 0. The van der Waals surface area contributed by atoms with Crippen LogP contribution in [-0.4, -0.2) is 27.8 Å². The Hall–Kier alpha value is -4.39. The fourth-order valence-corrected chi connectivity index (χ4v) is 4.08. The van der Waals surface area contributed by atoms with Crippen molar-refractivity contribution in [3.63, 3.8) is 0 Å². The summed E-state index contributed by atoms with van der Waals surface area (Å²) < 4.78 is 9.21. The normalized spacial score (nSPS) is 11.0. The van der Waals surface area contributed by atoms with E-state index < -0.39 is 0 Å². The van der Waals surface area contributed by atoms with Gasteiger partial charge in [0.2, 0.25) is 6.33 Å². The summed E-state index contributed by atoms with van der Waals surface area (Å²) in [6, 6.07) is 24.2. The molecule has 0 saturated heterocycles. The maximum atomic E-state index is 12.9. The number of fused-ring (bicyclic) bond motifs is 1. The second kappa shape index (κ2) is 9.23. The average Bonchev–Trinajstić information content (AvgIpc) is 3.46. The minimum absolute atomic E-state index is 0.124. The van der Waals surface area contributed by atoms with Crippen molar-refractivity contribution in [2.24, 2.45) is 7.05 Å². The van der Waals surface area contributed by atoms with Crippen molar-refractivity contribution < 1.29 is 14.1 Å². The van der Waals surface area contributed by atoms with Crippen LogP contribution in [0.5, 0.6) is 5.75 Å². The molecule has 0 aliphatic heterocycles. The minimum atomic E-state index is -0.124. The third-order valence-electron chi connectivity index (χ3n) is 6.00. The van der Waals surface area contributed by atoms with E-state index in [9.17, 15) is 4.79 Å². The Morgan fingerprint density at radius 1 is 1.06 bits per heavy atom. The molecule has 0 radical (unpaired) electrons. The van der Waals surface area contributed by atoms with Gasteiger partial charge < -0.3 is 10.1 Å². The smallest absolute Gasteiger partial charge is 0.255 e. The van der Waals surface area contributed by atoms with Gasteiger partial charge in [0, 0.05) is 26.1 Å². The fourth-order valence-electron chi connectivity index (χ4n) is 4.08. The molecule has 34 heavy (non-hydrogen) atoms. The Balaban J connectivity index is 1.28. The van der Waals surface area contributed by atoms with E-state index in [1.54, 1.807) is 18.0 Å². The fraction of sp³-hybridized carbons (Fsp3) is 0.148. The van der Waals surface area contributed by atoms with Crippen molar-refractivity contribution >= 4 is 16.9 Å². The molecule has 2 aromatic heterocycles. The van der Waals surface area contributed by atoms with Crippen LogP contribution in [0.1, 0.15) is 27.2 Å². The molecule has 0 fully saturated rings. The van der Waals surface area contributed by atoms with Crippen LogP contribution in [-0.2, 0) is 20.0 Å². The van der Waals surface area contributed by atoms with Crippen LogP contribution in [0.4, 0.5) is 0 Å². The molecule has 5 aromatic rings. The monoisotopic (exact) mass is 452 g/mol. The van der Waals surface area contributed by atoms with Gasteiger partial charge in [0.05, 0.1) is 24.6 Å². The highest BCUT2D eigenvalue weighted by Crippen LogP contribution is 2.18. The summed E-state index contributed by atoms with van der Waals surface area (Å²) in [5, 5.41) is 7.34. The quantitative estimate of drug-likeness (QED) is 0.370. The largest absolute Gasteiger partial charge is 0.497 e. The highest BCUT2D eigenvalue weighted by Gasteiger charge is 2.17. The van der Waals surface area contributed by atoms with Gasteiger partial charge in [-0.25, -0.2) is 4.98 Å². The first kappa shape index (κ1) is 21.5. The van der Waals surface area contributed by atoms with E-state index in [-0.39, 0.29) is 5.91 Å². The van der Waals surface area contributed by atoms with Crippen LogP contribution >= 0.6 is 0 Å². The van der Waals surface area contributed by atoms with Gasteiger partial charge in [-0.3, -0.25) is 9.48 Å². The number of aryl methyl sites for hydroxylation is 1. The summed E-state index contributed by atoms with van der Waals surface area (Å²) in [6.45, 7) is 0.436. The maximum absolute atomic E-state index is 12.9. The minimum Gasteiger partial charge on any atom is -0.497 e. The lowest BCUT2D eigenvalue weighted by Crippen LogP contribution is -2.28. The zero-order valence-corrected chi connectivity index (χ0v) is 19.2. The highest BCUT2D eigenvalue weighted by atomic mass is 16.5. The van der Waals surface area contributed by atoms with Crippen molar-refractivity contribution in [2.45, 2.75) is 13.0 Å². The first-order valence-electron chi connectivity index (χ1n) is 11.1. The molecule has 0 atom stereocenters. The lowest BCUT2D eigenvalue weighted by atomic mass is 10.1. The van der Waals surface area contributed by atoms with Crippen molar-refractivity contribution in [1.82, 2.24) is 20.1 Å². The summed E-state index contributed by atoms with van der Waals surface area (Å²) in [4.78, 5) is 16.2. The SMILES string of the molecule is COc1ccc2[nH]c[n+](-c3ccc(CNC(=O)c4cnn(C)c4Cc4ccccc4)cc3)c2c1. The summed E-state index contributed by atoms with van der Waals surface area (Å²) in [6.07, 6.45) is 4.22. The van der Waals surface area contributed by atoms with Crippen molar-refractivity contribution in [3.8, 4) is 11.4 Å². The molecule has 3 aromatic carbocycles. The Morgan fingerprint density at radius 3 is 2.62 bits per heavy atom. The standard InChI is InChI=1S/C27H25N5O2/c1-31-25(14-19-6-4-3-5-7-19)23(17-30-31)27(33)28-16-20-8-10-21(11-9-20)32-18-29-24-13-12-22(34-2)15-26(24)32/h3-13,15,17-18H,14,16H2,1-2H3,(H,28,33)/p+1. The number of carbonyl (C=O) groups excluding carboxylic acids is 1. The van der Waals surface area contributed by atoms with Crippen LogP contribution in [0.2, 0.25) is 0 Å². The molecule has 7 heteroatoms. The first-order chi connectivity index (χ1) is 16.6. The lowest BCUT2D eigenvalue weighted by molar-refractivity contribution is -0.567. The number of hydrogen-bond donors (Lipinski definition) is 2. The predicted octanol–water partition coefficient (Wildman–Crippen LogP) is 3.71. The Kier molecular flexibility index (Phi) is 5.82. The van der Waals surface area contributed by atoms with Gasteiger partial charge in [0.15, 0.2) is 11.0 Å².